The van der Waals surface area contributed by atoms with Crippen molar-refractivity contribution in [2.45, 2.75) is 32.3 Å². The molecule has 114 valence electrons. The zero-order valence-electron chi connectivity index (χ0n) is 12.2. The smallest absolute Gasteiger partial charge is 0.150 e. The number of thiophene rings is 1. The van der Waals surface area contributed by atoms with E-state index in [2.05, 4.69) is 21.8 Å². The fourth-order valence-corrected chi connectivity index (χ4v) is 4.13. The Balaban J connectivity index is 1.85. The number of hydrogen-bond acceptors (Lipinski definition) is 6. The zero-order chi connectivity index (χ0) is 14.9. The fraction of sp³-hybridized carbons (Fsp3) is 0.600. The SMILES string of the molecule is CCC[C@]1(CO)CCN(c2ncnc3ccsc23)C[C@H]1O. The number of fused-ring (bicyclic) bond motifs is 1. The van der Waals surface area contributed by atoms with E-state index in [-0.39, 0.29) is 12.0 Å². The molecule has 6 heteroatoms. The summed E-state index contributed by atoms with van der Waals surface area (Å²) >= 11 is 1.63. The van der Waals surface area contributed by atoms with Gasteiger partial charge in [-0.15, -0.1) is 11.3 Å². The van der Waals surface area contributed by atoms with Gasteiger partial charge in [0.2, 0.25) is 0 Å². The molecule has 0 amide bonds. The molecule has 1 aliphatic rings. The van der Waals surface area contributed by atoms with E-state index in [1.54, 1.807) is 17.7 Å². The molecule has 0 radical (unpaired) electrons. The van der Waals surface area contributed by atoms with Crippen LogP contribution >= 0.6 is 11.3 Å². The fourth-order valence-electron chi connectivity index (χ4n) is 3.26. The molecule has 2 N–H and O–H groups in total. The summed E-state index contributed by atoms with van der Waals surface area (Å²) in [6.07, 6.45) is 3.67. The summed E-state index contributed by atoms with van der Waals surface area (Å²) in [7, 11) is 0. The zero-order valence-corrected chi connectivity index (χ0v) is 13.0. The minimum Gasteiger partial charge on any atom is -0.396 e. The maximum atomic E-state index is 10.6. The Morgan fingerprint density at radius 3 is 3.05 bits per heavy atom. The molecule has 3 heterocycles. The van der Waals surface area contributed by atoms with Crippen molar-refractivity contribution in [3.8, 4) is 0 Å². The number of aliphatic hydroxyl groups excluding tert-OH is 2. The van der Waals surface area contributed by atoms with Crippen LogP contribution in [0.2, 0.25) is 0 Å². The van der Waals surface area contributed by atoms with Crippen molar-refractivity contribution in [1.82, 2.24) is 9.97 Å². The minimum absolute atomic E-state index is 0.0496. The van der Waals surface area contributed by atoms with Gasteiger partial charge in [0.25, 0.3) is 0 Å². The van der Waals surface area contributed by atoms with Crippen LogP contribution in [-0.4, -0.2) is 46.0 Å². The van der Waals surface area contributed by atoms with Crippen LogP contribution in [0, 0.1) is 5.41 Å². The van der Waals surface area contributed by atoms with Crippen LogP contribution in [0.5, 0.6) is 0 Å². The quantitative estimate of drug-likeness (QED) is 0.904. The lowest BCUT2D eigenvalue weighted by Crippen LogP contribution is -2.53. The molecule has 0 spiro atoms. The van der Waals surface area contributed by atoms with Gasteiger partial charge in [0.05, 0.1) is 22.9 Å². The number of β-amino-alcohol motifs (C(OH)–C–C–N with tert-alkyl or cyclic N) is 1. The third kappa shape index (κ3) is 2.52. The number of piperidine rings is 1. The number of rotatable bonds is 4. The molecule has 0 saturated carbocycles. The average molecular weight is 307 g/mol. The van der Waals surface area contributed by atoms with Gasteiger partial charge in [-0.3, -0.25) is 0 Å². The maximum absolute atomic E-state index is 10.6. The summed E-state index contributed by atoms with van der Waals surface area (Å²) in [5, 5.41) is 22.3. The van der Waals surface area contributed by atoms with Gasteiger partial charge in [0.15, 0.2) is 0 Å². The lowest BCUT2D eigenvalue weighted by Gasteiger charge is -2.45. The van der Waals surface area contributed by atoms with E-state index in [1.807, 2.05) is 11.4 Å². The first kappa shape index (κ1) is 14.7. The van der Waals surface area contributed by atoms with Crippen LogP contribution in [0.1, 0.15) is 26.2 Å². The highest BCUT2D eigenvalue weighted by molar-refractivity contribution is 7.17. The second kappa shape index (κ2) is 5.87. The summed E-state index contributed by atoms with van der Waals surface area (Å²) < 4.78 is 1.07. The van der Waals surface area contributed by atoms with Crippen molar-refractivity contribution in [3.05, 3.63) is 17.8 Å². The van der Waals surface area contributed by atoms with Crippen LogP contribution in [-0.2, 0) is 0 Å². The number of hydrogen-bond donors (Lipinski definition) is 2. The first-order chi connectivity index (χ1) is 10.2. The molecule has 21 heavy (non-hydrogen) atoms. The predicted octanol–water partition coefficient (Wildman–Crippen LogP) is 2.04. The van der Waals surface area contributed by atoms with E-state index in [4.69, 9.17) is 0 Å². The first-order valence-electron chi connectivity index (χ1n) is 7.42. The average Bonchev–Trinajstić information content (AvgIpc) is 2.98. The lowest BCUT2D eigenvalue weighted by molar-refractivity contribution is -0.0371. The molecule has 1 fully saturated rings. The van der Waals surface area contributed by atoms with Gasteiger partial charge in [-0.05, 0) is 24.3 Å². The Hall–Kier alpha value is -1.24. The number of anilines is 1. The van der Waals surface area contributed by atoms with Crippen molar-refractivity contribution in [1.29, 1.82) is 0 Å². The van der Waals surface area contributed by atoms with Crippen LogP contribution in [0.4, 0.5) is 5.82 Å². The van der Waals surface area contributed by atoms with E-state index in [0.717, 1.165) is 41.8 Å². The van der Waals surface area contributed by atoms with Gasteiger partial charge in [-0.2, -0.15) is 0 Å². The van der Waals surface area contributed by atoms with Gasteiger partial charge < -0.3 is 15.1 Å². The Morgan fingerprint density at radius 1 is 1.48 bits per heavy atom. The van der Waals surface area contributed by atoms with Crippen molar-refractivity contribution < 1.29 is 10.2 Å². The molecule has 0 bridgehead atoms. The summed E-state index contributed by atoms with van der Waals surface area (Å²) in [6, 6.07) is 1.99. The standard InChI is InChI=1S/C15H21N3O2S/c1-2-4-15(9-19)5-6-18(8-12(15)20)14-13-11(3-7-21-13)16-10-17-14/h3,7,10,12,19-20H,2,4-6,8-9H2,1H3/t12-,15-/m1/s1. The summed E-state index contributed by atoms with van der Waals surface area (Å²) in [6.45, 7) is 3.47. The molecule has 2 aromatic heterocycles. The molecule has 2 atom stereocenters. The molecule has 2 aromatic rings. The number of aliphatic hydroxyl groups is 2. The highest BCUT2D eigenvalue weighted by Gasteiger charge is 2.41. The minimum atomic E-state index is -0.527. The molecule has 0 aromatic carbocycles. The van der Waals surface area contributed by atoms with E-state index < -0.39 is 6.10 Å². The largest absolute Gasteiger partial charge is 0.396 e. The van der Waals surface area contributed by atoms with Gasteiger partial charge in [0, 0.05) is 18.5 Å². The topological polar surface area (TPSA) is 69.5 Å². The predicted molar refractivity (Wildman–Crippen MR) is 84.7 cm³/mol. The van der Waals surface area contributed by atoms with Crippen LogP contribution in [0.15, 0.2) is 17.8 Å². The van der Waals surface area contributed by atoms with Crippen LogP contribution in [0.25, 0.3) is 10.2 Å². The highest BCUT2D eigenvalue weighted by Crippen LogP contribution is 2.38. The van der Waals surface area contributed by atoms with E-state index in [0.29, 0.717) is 6.54 Å². The molecular weight excluding hydrogens is 286 g/mol. The summed E-state index contributed by atoms with van der Waals surface area (Å²) in [5.41, 5.74) is 0.597. The van der Waals surface area contributed by atoms with Gasteiger partial charge in [0.1, 0.15) is 12.1 Å². The molecular formula is C15H21N3O2S. The molecule has 1 aliphatic heterocycles. The number of aromatic nitrogens is 2. The Labute approximate surface area is 128 Å². The molecule has 3 rings (SSSR count). The third-order valence-corrected chi connectivity index (χ3v) is 5.47. The second-order valence-electron chi connectivity index (χ2n) is 5.81. The van der Waals surface area contributed by atoms with Crippen molar-refractivity contribution in [3.63, 3.8) is 0 Å². The highest BCUT2D eigenvalue weighted by atomic mass is 32.1. The first-order valence-corrected chi connectivity index (χ1v) is 8.30. The summed E-state index contributed by atoms with van der Waals surface area (Å²) in [5.74, 6) is 0.900. The molecule has 1 saturated heterocycles. The van der Waals surface area contributed by atoms with Crippen LogP contribution < -0.4 is 4.90 Å². The van der Waals surface area contributed by atoms with Crippen LogP contribution in [0.3, 0.4) is 0 Å². The Bertz CT molecular complexity index is 618. The summed E-state index contributed by atoms with van der Waals surface area (Å²) in [4.78, 5) is 10.8. The number of nitrogens with zero attached hydrogens (tertiary/aromatic N) is 3. The van der Waals surface area contributed by atoms with Crippen molar-refractivity contribution in [2.75, 3.05) is 24.6 Å². The second-order valence-corrected chi connectivity index (χ2v) is 6.73. The van der Waals surface area contributed by atoms with E-state index >= 15 is 0 Å². The Kier molecular flexibility index (Phi) is 4.10. The van der Waals surface area contributed by atoms with Crippen molar-refractivity contribution >= 4 is 27.4 Å². The van der Waals surface area contributed by atoms with E-state index in [9.17, 15) is 10.2 Å². The van der Waals surface area contributed by atoms with Gasteiger partial charge in [-0.1, -0.05) is 13.3 Å². The maximum Gasteiger partial charge on any atom is 0.150 e. The normalized spacial score (nSPS) is 26.4. The van der Waals surface area contributed by atoms with E-state index in [1.165, 1.54) is 0 Å². The lowest BCUT2D eigenvalue weighted by atomic mass is 9.73. The van der Waals surface area contributed by atoms with Gasteiger partial charge in [-0.25, -0.2) is 9.97 Å². The van der Waals surface area contributed by atoms with Gasteiger partial charge >= 0.3 is 0 Å². The molecule has 0 unspecified atom stereocenters. The third-order valence-electron chi connectivity index (χ3n) is 4.57. The molecule has 5 nitrogen and oxygen atoms in total. The Morgan fingerprint density at radius 2 is 2.33 bits per heavy atom. The monoisotopic (exact) mass is 307 g/mol. The van der Waals surface area contributed by atoms with Crippen molar-refractivity contribution in [2.24, 2.45) is 5.41 Å². The molecule has 0 aliphatic carbocycles.